The lowest BCUT2D eigenvalue weighted by Gasteiger charge is -2.24. The van der Waals surface area contributed by atoms with Gasteiger partial charge in [-0.25, -0.2) is 4.98 Å². The Bertz CT molecular complexity index is 746. The van der Waals surface area contributed by atoms with Gasteiger partial charge in [-0.2, -0.15) is 0 Å². The lowest BCUT2D eigenvalue weighted by molar-refractivity contribution is -0.123. The fourth-order valence-electron chi connectivity index (χ4n) is 2.36. The highest BCUT2D eigenvalue weighted by atomic mass is 16.2. The number of aromatic amines is 1. The van der Waals surface area contributed by atoms with Crippen molar-refractivity contribution in [2.24, 2.45) is 0 Å². The van der Waals surface area contributed by atoms with E-state index >= 15 is 0 Å². The van der Waals surface area contributed by atoms with E-state index in [1.807, 2.05) is 50.8 Å². The van der Waals surface area contributed by atoms with Crippen LogP contribution in [0.2, 0.25) is 0 Å². The average molecular weight is 316 g/mol. The van der Waals surface area contributed by atoms with E-state index in [0.29, 0.717) is 29.8 Å². The molecule has 0 saturated carbocycles. The van der Waals surface area contributed by atoms with Crippen molar-refractivity contribution in [1.29, 1.82) is 0 Å². The predicted molar refractivity (Wildman–Crippen MR) is 91.2 cm³/mol. The van der Waals surface area contributed by atoms with E-state index in [4.69, 9.17) is 0 Å². The minimum Gasteiger partial charge on any atom is -0.350 e. The maximum atomic E-state index is 12.1. The number of para-hydroxylation sites is 1. The van der Waals surface area contributed by atoms with Crippen LogP contribution in [-0.4, -0.2) is 39.4 Å². The van der Waals surface area contributed by atoms with Crippen LogP contribution in [0.15, 0.2) is 29.1 Å². The van der Waals surface area contributed by atoms with Crippen molar-refractivity contribution in [3.05, 3.63) is 40.4 Å². The van der Waals surface area contributed by atoms with Gasteiger partial charge in [0.15, 0.2) is 0 Å². The van der Waals surface area contributed by atoms with Crippen LogP contribution in [0.1, 0.15) is 33.5 Å². The molecule has 2 aromatic rings. The fourth-order valence-corrected chi connectivity index (χ4v) is 2.36. The molecule has 2 N–H and O–H groups in total. The molecule has 0 radical (unpaired) electrons. The Balaban J connectivity index is 2.13. The molecule has 0 atom stereocenters. The van der Waals surface area contributed by atoms with Crippen LogP contribution >= 0.6 is 0 Å². The van der Waals surface area contributed by atoms with Gasteiger partial charge in [0.2, 0.25) is 5.91 Å². The molecule has 1 heterocycles. The molecule has 0 fully saturated rings. The SMILES string of the molecule is CCN(CC(=O)NC(C)(C)C)Cc1nc2ccccc2c(=O)[nH]1. The number of likely N-dealkylation sites (N-methyl/N-ethyl adjacent to an activating group) is 1. The number of hydrogen-bond acceptors (Lipinski definition) is 4. The second-order valence-electron chi connectivity index (χ2n) is 6.63. The highest BCUT2D eigenvalue weighted by Crippen LogP contribution is 2.07. The van der Waals surface area contributed by atoms with Gasteiger partial charge in [-0.1, -0.05) is 19.1 Å². The van der Waals surface area contributed by atoms with Crippen LogP contribution in [0, 0.1) is 0 Å². The number of carbonyl (C=O) groups excluding carboxylic acids is 1. The Kier molecular flexibility index (Phi) is 5.15. The van der Waals surface area contributed by atoms with Crippen LogP contribution < -0.4 is 10.9 Å². The normalized spacial score (nSPS) is 11.9. The van der Waals surface area contributed by atoms with Gasteiger partial charge < -0.3 is 10.3 Å². The number of nitrogens with zero attached hydrogens (tertiary/aromatic N) is 2. The third kappa shape index (κ3) is 4.89. The number of benzene rings is 1. The first-order valence-electron chi connectivity index (χ1n) is 7.80. The van der Waals surface area contributed by atoms with Gasteiger partial charge in [0, 0.05) is 5.54 Å². The standard InChI is InChI=1S/C17H24N4O2/c1-5-21(11-15(22)20-17(2,3)4)10-14-18-13-9-7-6-8-12(13)16(23)19-14/h6-9H,5,10-11H2,1-4H3,(H,20,22)(H,18,19,23). The highest BCUT2D eigenvalue weighted by Gasteiger charge is 2.17. The molecule has 6 nitrogen and oxygen atoms in total. The molecule has 124 valence electrons. The molecule has 0 spiro atoms. The minimum absolute atomic E-state index is 0.0394. The number of amides is 1. The quantitative estimate of drug-likeness (QED) is 0.879. The first kappa shape index (κ1) is 17.1. The summed E-state index contributed by atoms with van der Waals surface area (Å²) >= 11 is 0. The van der Waals surface area contributed by atoms with Crippen LogP contribution in [0.5, 0.6) is 0 Å². The number of fused-ring (bicyclic) bond motifs is 1. The Morgan fingerprint density at radius 2 is 2.00 bits per heavy atom. The smallest absolute Gasteiger partial charge is 0.258 e. The molecule has 2 rings (SSSR count). The molecule has 1 aromatic heterocycles. The first-order chi connectivity index (χ1) is 10.8. The number of rotatable bonds is 5. The van der Waals surface area contributed by atoms with Gasteiger partial charge in [-0.15, -0.1) is 0 Å². The zero-order valence-corrected chi connectivity index (χ0v) is 14.1. The molecular weight excluding hydrogens is 292 g/mol. The van der Waals surface area contributed by atoms with Crippen molar-refractivity contribution in [2.75, 3.05) is 13.1 Å². The van der Waals surface area contributed by atoms with Crippen LogP contribution in [0.3, 0.4) is 0 Å². The number of hydrogen-bond donors (Lipinski definition) is 2. The molecule has 0 unspecified atom stereocenters. The summed E-state index contributed by atoms with van der Waals surface area (Å²) in [5.41, 5.74) is 0.258. The predicted octanol–water partition coefficient (Wildman–Crippen LogP) is 1.66. The maximum Gasteiger partial charge on any atom is 0.258 e. The van der Waals surface area contributed by atoms with Gasteiger partial charge in [0.05, 0.1) is 24.0 Å². The van der Waals surface area contributed by atoms with E-state index < -0.39 is 0 Å². The van der Waals surface area contributed by atoms with Crippen molar-refractivity contribution >= 4 is 16.8 Å². The van der Waals surface area contributed by atoms with Crippen molar-refractivity contribution in [2.45, 2.75) is 39.8 Å². The second kappa shape index (κ2) is 6.91. The molecule has 0 saturated heterocycles. The summed E-state index contributed by atoms with van der Waals surface area (Å²) in [5, 5.41) is 3.51. The Labute approximate surface area is 135 Å². The van der Waals surface area contributed by atoms with E-state index in [0.717, 1.165) is 0 Å². The molecule has 23 heavy (non-hydrogen) atoms. The molecular formula is C17H24N4O2. The monoisotopic (exact) mass is 316 g/mol. The summed E-state index contributed by atoms with van der Waals surface area (Å²) < 4.78 is 0. The Morgan fingerprint density at radius 1 is 1.30 bits per heavy atom. The summed E-state index contributed by atoms with van der Waals surface area (Å²) in [4.78, 5) is 33.4. The minimum atomic E-state index is -0.258. The van der Waals surface area contributed by atoms with Crippen molar-refractivity contribution in [1.82, 2.24) is 20.2 Å². The summed E-state index contributed by atoms with van der Waals surface area (Å²) in [7, 11) is 0. The zero-order valence-electron chi connectivity index (χ0n) is 14.1. The van der Waals surface area contributed by atoms with Gasteiger partial charge >= 0.3 is 0 Å². The fraction of sp³-hybridized carbons (Fsp3) is 0.471. The van der Waals surface area contributed by atoms with E-state index in [1.54, 1.807) is 6.07 Å². The molecule has 0 bridgehead atoms. The van der Waals surface area contributed by atoms with Gasteiger partial charge in [0.25, 0.3) is 5.56 Å². The van der Waals surface area contributed by atoms with Crippen LogP contribution in [0.25, 0.3) is 10.9 Å². The lowest BCUT2D eigenvalue weighted by atomic mass is 10.1. The summed E-state index contributed by atoms with van der Waals surface area (Å²) in [6.45, 7) is 9.20. The zero-order chi connectivity index (χ0) is 17.0. The summed E-state index contributed by atoms with van der Waals surface area (Å²) in [5.74, 6) is 0.529. The Morgan fingerprint density at radius 3 is 2.65 bits per heavy atom. The molecule has 0 aliphatic carbocycles. The van der Waals surface area contributed by atoms with E-state index in [2.05, 4.69) is 15.3 Å². The Hall–Kier alpha value is -2.21. The molecule has 6 heteroatoms. The van der Waals surface area contributed by atoms with Crippen LogP contribution in [0.4, 0.5) is 0 Å². The maximum absolute atomic E-state index is 12.1. The number of aromatic nitrogens is 2. The largest absolute Gasteiger partial charge is 0.350 e. The van der Waals surface area contributed by atoms with E-state index in [1.165, 1.54) is 0 Å². The molecule has 0 aliphatic heterocycles. The van der Waals surface area contributed by atoms with Gasteiger partial charge in [-0.3, -0.25) is 14.5 Å². The second-order valence-corrected chi connectivity index (χ2v) is 6.63. The third-order valence-electron chi connectivity index (χ3n) is 3.36. The molecule has 1 aromatic carbocycles. The van der Waals surface area contributed by atoms with Crippen molar-refractivity contribution in [3.63, 3.8) is 0 Å². The lowest BCUT2D eigenvalue weighted by Crippen LogP contribution is -2.45. The molecule has 0 aliphatic rings. The van der Waals surface area contributed by atoms with Crippen molar-refractivity contribution < 1.29 is 4.79 Å². The average Bonchev–Trinajstić information content (AvgIpc) is 2.44. The summed E-state index contributed by atoms with van der Waals surface area (Å²) in [6.07, 6.45) is 0. The number of H-pyrrole nitrogens is 1. The van der Waals surface area contributed by atoms with E-state index in [-0.39, 0.29) is 23.6 Å². The topological polar surface area (TPSA) is 78.1 Å². The van der Waals surface area contributed by atoms with Gasteiger partial charge in [-0.05, 0) is 39.4 Å². The van der Waals surface area contributed by atoms with E-state index in [9.17, 15) is 9.59 Å². The first-order valence-corrected chi connectivity index (χ1v) is 7.80. The van der Waals surface area contributed by atoms with Crippen LogP contribution in [-0.2, 0) is 11.3 Å². The van der Waals surface area contributed by atoms with Gasteiger partial charge in [0.1, 0.15) is 5.82 Å². The summed E-state index contributed by atoms with van der Waals surface area (Å²) in [6, 6.07) is 7.23. The third-order valence-corrected chi connectivity index (χ3v) is 3.36. The number of nitrogens with one attached hydrogen (secondary N) is 2. The highest BCUT2D eigenvalue weighted by molar-refractivity contribution is 5.79. The number of carbonyl (C=O) groups is 1. The van der Waals surface area contributed by atoms with Crippen molar-refractivity contribution in [3.8, 4) is 0 Å². The molecule has 1 amide bonds.